The highest BCUT2D eigenvalue weighted by molar-refractivity contribution is 6.25. The Balaban J connectivity index is 1.41. The average molecular weight is 420 g/mol. The standard InChI is InChI=1S/C25H29N3O3/c1-25(2,3)31-24(30)26-21-7-5-6-19-18-9-8-17(10-20(18)23(29)22(19)21)28-13-15-11-27(4)12-16(15)14-28/h5-10,15-16H,11-14H2,1-4H3,(H,26,30)/t15-,16+. The fourth-order valence-electron chi connectivity index (χ4n) is 5.26. The lowest BCUT2D eigenvalue weighted by Crippen LogP contribution is -2.27. The maximum atomic E-state index is 13.4. The second kappa shape index (κ2) is 7.09. The summed E-state index contributed by atoms with van der Waals surface area (Å²) < 4.78 is 5.37. The molecule has 2 atom stereocenters. The third-order valence-electron chi connectivity index (χ3n) is 6.50. The number of carbonyl (C=O) groups is 2. The van der Waals surface area contributed by atoms with Crippen LogP contribution in [0.3, 0.4) is 0 Å². The number of nitrogens with zero attached hydrogens (tertiary/aromatic N) is 2. The van der Waals surface area contributed by atoms with Crippen LogP contribution in [0.1, 0.15) is 36.7 Å². The van der Waals surface area contributed by atoms with Crippen LogP contribution in [0.5, 0.6) is 0 Å². The Bertz CT molecular complexity index is 1060. The van der Waals surface area contributed by atoms with Crippen molar-refractivity contribution in [3.63, 3.8) is 0 Å². The van der Waals surface area contributed by atoms with E-state index < -0.39 is 11.7 Å². The van der Waals surface area contributed by atoms with Crippen LogP contribution in [-0.4, -0.2) is 55.6 Å². The molecule has 0 saturated carbocycles. The van der Waals surface area contributed by atoms with Gasteiger partial charge in [0.1, 0.15) is 5.60 Å². The molecule has 5 rings (SSSR count). The van der Waals surface area contributed by atoms with Crippen LogP contribution >= 0.6 is 0 Å². The lowest BCUT2D eigenvalue weighted by molar-refractivity contribution is 0.0636. The summed E-state index contributed by atoms with van der Waals surface area (Å²) in [4.78, 5) is 30.5. The molecule has 0 aromatic heterocycles. The molecule has 1 aliphatic carbocycles. The van der Waals surface area contributed by atoms with Crippen molar-refractivity contribution < 1.29 is 14.3 Å². The van der Waals surface area contributed by atoms with E-state index in [1.807, 2.05) is 45.0 Å². The predicted octanol–water partition coefficient (Wildman–Crippen LogP) is 4.24. The molecule has 162 valence electrons. The van der Waals surface area contributed by atoms with Gasteiger partial charge >= 0.3 is 6.09 Å². The molecule has 2 saturated heterocycles. The van der Waals surface area contributed by atoms with Crippen LogP contribution in [-0.2, 0) is 4.74 Å². The van der Waals surface area contributed by atoms with Crippen LogP contribution in [0, 0.1) is 11.8 Å². The highest BCUT2D eigenvalue weighted by Gasteiger charge is 2.39. The van der Waals surface area contributed by atoms with Crippen molar-refractivity contribution in [2.24, 2.45) is 11.8 Å². The topological polar surface area (TPSA) is 61.9 Å². The van der Waals surface area contributed by atoms with Gasteiger partial charge in [-0.3, -0.25) is 10.1 Å². The molecule has 0 unspecified atom stereocenters. The smallest absolute Gasteiger partial charge is 0.412 e. The Kier molecular flexibility index (Phi) is 4.59. The van der Waals surface area contributed by atoms with Crippen molar-refractivity contribution in [3.05, 3.63) is 47.5 Å². The van der Waals surface area contributed by atoms with Crippen LogP contribution in [0.2, 0.25) is 0 Å². The first-order valence-electron chi connectivity index (χ1n) is 11.0. The highest BCUT2D eigenvalue weighted by Crippen LogP contribution is 2.43. The highest BCUT2D eigenvalue weighted by atomic mass is 16.6. The molecule has 1 amide bonds. The Hall–Kier alpha value is -2.86. The van der Waals surface area contributed by atoms with Crippen LogP contribution in [0.15, 0.2) is 36.4 Å². The van der Waals surface area contributed by atoms with E-state index in [-0.39, 0.29) is 5.78 Å². The minimum Gasteiger partial charge on any atom is -0.444 e. The molecule has 0 radical (unpaired) electrons. The number of ketones is 1. The summed E-state index contributed by atoms with van der Waals surface area (Å²) in [5.74, 6) is 1.37. The number of likely N-dealkylation sites (tertiary alicyclic amines) is 1. The van der Waals surface area contributed by atoms with Crippen LogP contribution < -0.4 is 10.2 Å². The maximum absolute atomic E-state index is 13.4. The van der Waals surface area contributed by atoms with Gasteiger partial charge in [0.15, 0.2) is 5.78 Å². The number of amides is 1. The van der Waals surface area contributed by atoms with Gasteiger partial charge in [-0.15, -0.1) is 0 Å². The van der Waals surface area contributed by atoms with E-state index >= 15 is 0 Å². The monoisotopic (exact) mass is 419 g/mol. The van der Waals surface area contributed by atoms with E-state index in [2.05, 4.69) is 28.2 Å². The largest absolute Gasteiger partial charge is 0.444 e. The third kappa shape index (κ3) is 3.59. The molecule has 1 N–H and O–H groups in total. The molecular weight excluding hydrogens is 390 g/mol. The minimum atomic E-state index is -0.604. The van der Waals surface area contributed by atoms with Gasteiger partial charge in [-0.2, -0.15) is 0 Å². The quantitative estimate of drug-likeness (QED) is 0.673. The van der Waals surface area contributed by atoms with Gasteiger partial charge in [-0.25, -0.2) is 4.79 Å². The SMILES string of the molecule is CN1C[C@@H]2CN(c3ccc4c(c3)C(=O)c3c(NC(=O)OC(C)(C)C)cccc3-4)C[C@@H]2C1. The zero-order valence-corrected chi connectivity index (χ0v) is 18.6. The normalized spacial score (nSPS) is 22.3. The molecular formula is C25H29N3O3. The van der Waals surface area contributed by atoms with E-state index in [0.717, 1.165) is 43.0 Å². The molecule has 6 nitrogen and oxygen atoms in total. The van der Waals surface area contributed by atoms with Gasteiger partial charge < -0.3 is 14.5 Å². The fraction of sp³-hybridized carbons (Fsp3) is 0.440. The van der Waals surface area contributed by atoms with Gasteiger partial charge in [-0.1, -0.05) is 18.2 Å². The van der Waals surface area contributed by atoms with Crippen molar-refractivity contribution in [2.45, 2.75) is 26.4 Å². The lowest BCUT2D eigenvalue weighted by atomic mass is 10.0. The lowest BCUT2D eigenvalue weighted by Gasteiger charge is -2.22. The second-order valence-electron chi connectivity index (χ2n) is 10.1. The number of carbonyl (C=O) groups excluding carboxylic acids is 2. The van der Waals surface area contributed by atoms with Crippen molar-refractivity contribution in [2.75, 3.05) is 43.4 Å². The number of benzene rings is 2. The summed E-state index contributed by atoms with van der Waals surface area (Å²) in [6, 6.07) is 11.8. The van der Waals surface area contributed by atoms with E-state index in [0.29, 0.717) is 28.7 Å². The van der Waals surface area contributed by atoms with E-state index in [1.54, 1.807) is 6.07 Å². The molecule has 0 spiro atoms. The number of rotatable bonds is 2. The third-order valence-corrected chi connectivity index (χ3v) is 6.50. The van der Waals surface area contributed by atoms with Crippen molar-refractivity contribution >= 4 is 23.3 Å². The zero-order chi connectivity index (χ0) is 21.9. The van der Waals surface area contributed by atoms with Gasteiger partial charge in [0.05, 0.1) is 11.3 Å². The first kappa shape index (κ1) is 20.1. The number of anilines is 2. The number of hydrogen-bond donors (Lipinski definition) is 1. The van der Waals surface area contributed by atoms with Crippen molar-refractivity contribution in [1.82, 2.24) is 4.90 Å². The summed E-state index contributed by atoms with van der Waals surface area (Å²) in [7, 11) is 2.19. The van der Waals surface area contributed by atoms with Crippen LogP contribution in [0.4, 0.5) is 16.2 Å². The number of ether oxygens (including phenoxy) is 1. The Morgan fingerprint density at radius 1 is 1.00 bits per heavy atom. The van der Waals surface area contributed by atoms with E-state index in [1.165, 1.54) is 0 Å². The summed E-state index contributed by atoms with van der Waals surface area (Å²) in [5.41, 5.74) is 4.04. The van der Waals surface area contributed by atoms with Crippen LogP contribution in [0.25, 0.3) is 11.1 Å². The Morgan fingerprint density at radius 3 is 2.39 bits per heavy atom. The van der Waals surface area contributed by atoms with Crippen molar-refractivity contribution in [3.8, 4) is 11.1 Å². The zero-order valence-electron chi connectivity index (χ0n) is 18.6. The first-order valence-corrected chi connectivity index (χ1v) is 11.0. The summed E-state index contributed by atoms with van der Waals surface area (Å²) in [5, 5.41) is 2.77. The first-order chi connectivity index (χ1) is 14.7. The molecule has 0 bridgehead atoms. The average Bonchev–Trinajstić information content (AvgIpc) is 3.31. The number of nitrogens with one attached hydrogen (secondary N) is 1. The Morgan fingerprint density at radius 2 is 1.71 bits per heavy atom. The molecule has 2 heterocycles. The van der Waals surface area contributed by atoms with Gasteiger partial charge in [0.25, 0.3) is 0 Å². The second-order valence-corrected chi connectivity index (χ2v) is 10.1. The molecule has 2 aromatic rings. The minimum absolute atomic E-state index is 0.0439. The fourth-order valence-corrected chi connectivity index (χ4v) is 5.26. The molecule has 2 fully saturated rings. The van der Waals surface area contributed by atoms with E-state index in [9.17, 15) is 9.59 Å². The molecule has 31 heavy (non-hydrogen) atoms. The Labute approximate surface area is 183 Å². The van der Waals surface area contributed by atoms with Crippen molar-refractivity contribution in [1.29, 1.82) is 0 Å². The summed E-state index contributed by atoms with van der Waals surface area (Å²) in [6.45, 7) is 9.83. The van der Waals surface area contributed by atoms with E-state index in [4.69, 9.17) is 4.74 Å². The van der Waals surface area contributed by atoms with Gasteiger partial charge in [0.2, 0.25) is 0 Å². The molecule has 6 heteroatoms. The molecule has 3 aliphatic rings. The molecule has 2 aromatic carbocycles. The summed E-state index contributed by atoms with van der Waals surface area (Å²) in [6.07, 6.45) is -0.557. The van der Waals surface area contributed by atoms with Gasteiger partial charge in [0, 0.05) is 37.4 Å². The van der Waals surface area contributed by atoms with Gasteiger partial charge in [-0.05, 0) is 69.0 Å². The predicted molar refractivity (Wildman–Crippen MR) is 122 cm³/mol. The number of fused-ring (bicyclic) bond motifs is 4. The molecule has 2 aliphatic heterocycles. The summed E-state index contributed by atoms with van der Waals surface area (Å²) >= 11 is 0. The number of hydrogen-bond acceptors (Lipinski definition) is 5. The maximum Gasteiger partial charge on any atom is 0.412 e.